The van der Waals surface area contributed by atoms with Crippen molar-refractivity contribution in [3.63, 3.8) is 0 Å². The van der Waals surface area contributed by atoms with Gasteiger partial charge in [-0.1, -0.05) is 0 Å². The fourth-order valence-electron chi connectivity index (χ4n) is 3.41. The molecule has 0 amide bonds. The van der Waals surface area contributed by atoms with Crippen molar-refractivity contribution in [3.8, 4) is 11.3 Å². The Labute approximate surface area is 111 Å². The van der Waals surface area contributed by atoms with Crippen molar-refractivity contribution in [1.29, 1.82) is 0 Å². The van der Waals surface area contributed by atoms with Gasteiger partial charge in [0.25, 0.3) is 5.56 Å². The average molecular weight is 256 g/mol. The van der Waals surface area contributed by atoms with Crippen LogP contribution in [0.25, 0.3) is 11.3 Å². The van der Waals surface area contributed by atoms with E-state index in [0.29, 0.717) is 23.2 Å². The van der Waals surface area contributed by atoms with E-state index in [1.54, 1.807) is 6.26 Å². The highest BCUT2D eigenvalue weighted by Crippen LogP contribution is 2.32. The van der Waals surface area contributed by atoms with Gasteiger partial charge in [0.15, 0.2) is 0 Å². The number of nitrogens with one attached hydrogen (secondary N) is 1. The Hall–Kier alpha value is -1.81. The summed E-state index contributed by atoms with van der Waals surface area (Å²) >= 11 is 0. The van der Waals surface area contributed by atoms with E-state index in [2.05, 4.69) is 11.4 Å². The van der Waals surface area contributed by atoms with Crippen molar-refractivity contribution >= 4 is 0 Å². The molecule has 19 heavy (non-hydrogen) atoms. The lowest BCUT2D eigenvalue weighted by Gasteiger charge is -2.37. The average Bonchev–Trinajstić information content (AvgIpc) is 2.94. The monoisotopic (exact) mass is 256 g/mol. The molecule has 2 atom stereocenters. The van der Waals surface area contributed by atoms with Gasteiger partial charge in [0.1, 0.15) is 5.76 Å². The number of fused-ring (bicyclic) bond motifs is 4. The molecule has 0 aliphatic carbocycles. The summed E-state index contributed by atoms with van der Waals surface area (Å²) in [5.41, 5.74) is 1.93. The molecule has 1 saturated heterocycles. The Bertz CT molecular complexity index is 657. The summed E-state index contributed by atoms with van der Waals surface area (Å²) in [5, 5.41) is 3.46. The molecule has 2 aliphatic rings. The molecular weight excluding hydrogens is 240 g/mol. The van der Waals surface area contributed by atoms with E-state index in [9.17, 15) is 4.79 Å². The quantitative estimate of drug-likeness (QED) is 0.846. The summed E-state index contributed by atoms with van der Waals surface area (Å²) in [6, 6.07) is 7.65. The Balaban J connectivity index is 1.88. The third-order valence-corrected chi connectivity index (χ3v) is 4.30. The van der Waals surface area contributed by atoms with E-state index in [1.165, 1.54) is 12.1 Å². The van der Waals surface area contributed by atoms with Gasteiger partial charge in [-0.25, -0.2) is 0 Å². The van der Waals surface area contributed by atoms with Crippen LogP contribution in [-0.4, -0.2) is 17.7 Å². The van der Waals surface area contributed by atoms with Gasteiger partial charge in [-0.15, -0.1) is 0 Å². The second-order valence-corrected chi connectivity index (χ2v) is 5.52. The predicted octanol–water partition coefficient (Wildman–Crippen LogP) is 1.81. The molecule has 0 unspecified atom stereocenters. The van der Waals surface area contributed by atoms with Crippen LogP contribution in [0.2, 0.25) is 0 Å². The first kappa shape index (κ1) is 11.1. The van der Waals surface area contributed by atoms with Crippen molar-refractivity contribution in [2.24, 2.45) is 5.92 Å². The highest BCUT2D eigenvalue weighted by atomic mass is 16.3. The van der Waals surface area contributed by atoms with Gasteiger partial charge in [-0.3, -0.25) is 4.79 Å². The van der Waals surface area contributed by atoms with Crippen LogP contribution in [0.3, 0.4) is 0 Å². The van der Waals surface area contributed by atoms with E-state index in [1.807, 2.05) is 22.8 Å². The molecule has 4 rings (SSSR count). The fourth-order valence-corrected chi connectivity index (χ4v) is 3.41. The number of furan rings is 1. The van der Waals surface area contributed by atoms with Crippen molar-refractivity contribution in [2.45, 2.75) is 18.9 Å². The third-order valence-electron chi connectivity index (χ3n) is 4.30. The first-order chi connectivity index (χ1) is 9.33. The normalized spacial score (nSPS) is 25.1. The zero-order chi connectivity index (χ0) is 12.8. The predicted molar refractivity (Wildman–Crippen MR) is 72.1 cm³/mol. The number of aromatic nitrogens is 1. The van der Waals surface area contributed by atoms with Gasteiger partial charge < -0.3 is 14.3 Å². The minimum atomic E-state index is 0.0871. The summed E-state index contributed by atoms with van der Waals surface area (Å²) < 4.78 is 7.32. The Morgan fingerprint density at radius 3 is 3.05 bits per heavy atom. The molecule has 2 aliphatic heterocycles. The summed E-state index contributed by atoms with van der Waals surface area (Å²) in [6.45, 7) is 2.83. The summed E-state index contributed by atoms with van der Waals surface area (Å²) in [7, 11) is 0. The highest BCUT2D eigenvalue weighted by Gasteiger charge is 2.31. The van der Waals surface area contributed by atoms with E-state index in [0.717, 1.165) is 19.6 Å². The van der Waals surface area contributed by atoms with Gasteiger partial charge in [0, 0.05) is 24.7 Å². The molecule has 1 N–H and O–H groups in total. The molecule has 2 aromatic rings. The van der Waals surface area contributed by atoms with Crippen LogP contribution in [0.15, 0.2) is 39.7 Å². The second-order valence-electron chi connectivity index (χ2n) is 5.52. The standard InChI is InChI=1S/C15H16N2O2/c18-15-12(14-2-1-5-19-14)3-4-13-11-6-10(7-16-8-11)9-17(13)15/h1-5,10-11,16H,6-9H2/t10-,11+/m0/s1. The summed E-state index contributed by atoms with van der Waals surface area (Å²) in [5.74, 6) is 1.72. The Kier molecular flexibility index (Phi) is 2.38. The third kappa shape index (κ3) is 1.67. The number of hydrogen-bond donors (Lipinski definition) is 1. The molecule has 0 spiro atoms. The minimum absolute atomic E-state index is 0.0871. The lowest BCUT2D eigenvalue weighted by molar-refractivity contribution is 0.257. The van der Waals surface area contributed by atoms with Gasteiger partial charge in [0.05, 0.1) is 11.8 Å². The molecule has 0 aromatic carbocycles. The van der Waals surface area contributed by atoms with Crippen molar-refractivity contribution < 1.29 is 4.42 Å². The maximum atomic E-state index is 12.6. The van der Waals surface area contributed by atoms with E-state index < -0.39 is 0 Å². The molecule has 2 aromatic heterocycles. The lowest BCUT2D eigenvalue weighted by Crippen LogP contribution is -2.45. The van der Waals surface area contributed by atoms with Crippen LogP contribution in [0.1, 0.15) is 18.0 Å². The van der Waals surface area contributed by atoms with E-state index >= 15 is 0 Å². The first-order valence-electron chi connectivity index (χ1n) is 6.81. The molecular formula is C15H16N2O2. The fraction of sp³-hybridized carbons (Fsp3) is 0.400. The van der Waals surface area contributed by atoms with E-state index in [4.69, 9.17) is 4.42 Å². The molecule has 1 fully saturated rings. The van der Waals surface area contributed by atoms with Crippen LogP contribution in [0.5, 0.6) is 0 Å². The van der Waals surface area contributed by atoms with Gasteiger partial charge >= 0.3 is 0 Å². The molecule has 0 radical (unpaired) electrons. The Morgan fingerprint density at radius 2 is 2.21 bits per heavy atom. The number of nitrogens with zero attached hydrogens (tertiary/aromatic N) is 1. The molecule has 98 valence electrons. The molecule has 0 saturated carbocycles. The zero-order valence-corrected chi connectivity index (χ0v) is 10.6. The van der Waals surface area contributed by atoms with Crippen LogP contribution in [0.4, 0.5) is 0 Å². The van der Waals surface area contributed by atoms with Crippen LogP contribution in [0, 0.1) is 5.92 Å². The van der Waals surface area contributed by atoms with E-state index in [-0.39, 0.29) is 5.56 Å². The zero-order valence-electron chi connectivity index (χ0n) is 10.6. The highest BCUT2D eigenvalue weighted by molar-refractivity contribution is 5.56. The molecule has 4 nitrogen and oxygen atoms in total. The Morgan fingerprint density at radius 1 is 1.26 bits per heavy atom. The topological polar surface area (TPSA) is 47.2 Å². The van der Waals surface area contributed by atoms with Gasteiger partial charge in [-0.05, 0) is 43.1 Å². The maximum Gasteiger partial charge on any atom is 0.261 e. The number of hydrogen-bond acceptors (Lipinski definition) is 3. The van der Waals surface area contributed by atoms with Crippen LogP contribution < -0.4 is 10.9 Å². The van der Waals surface area contributed by atoms with Crippen LogP contribution in [-0.2, 0) is 6.54 Å². The van der Waals surface area contributed by atoms with Gasteiger partial charge in [-0.2, -0.15) is 0 Å². The lowest BCUT2D eigenvalue weighted by atomic mass is 9.84. The van der Waals surface area contributed by atoms with Gasteiger partial charge in [0.2, 0.25) is 0 Å². The van der Waals surface area contributed by atoms with Crippen molar-refractivity contribution in [2.75, 3.05) is 13.1 Å². The summed E-state index contributed by atoms with van der Waals surface area (Å²) in [6.07, 6.45) is 2.81. The maximum absolute atomic E-state index is 12.6. The number of piperidine rings is 1. The first-order valence-corrected chi connectivity index (χ1v) is 6.81. The van der Waals surface area contributed by atoms with Crippen molar-refractivity contribution in [1.82, 2.24) is 9.88 Å². The molecule has 2 bridgehead atoms. The minimum Gasteiger partial charge on any atom is -0.464 e. The largest absolute Gasteiger partial charge is 0.464 e. The number of rotatable bonds is 1. The smallest absolute Gasteiger partial charge is 0.261 e. The summed E-state index contributed by atoms with van der Waals surface area (Å²) in [4.78, 5) is 12.6. The molecule has 4 heterocycles. The van der Waals surface area contributed by atoms with Crippen LogP contribution >= 0.6 is 0 Å². The molecule has 4 heteroatoms. The second kappa shape index (κ2) is 4.10. The van der Waals surface area contributed by atoms with Crippen molar-refractivity contribution in [3.05, 3.63) is 46.6 Å². The number of pyridine rings is 1. The SMILES string of the molecule is O=c1c(-c2ccco2)ccc2n1C[C@@H]1CNC[C@H]2C1.